The molecule has 0 amide bonds. The standard InChI is InChI=1S/C15H7BrClF3N2O2/c16-9-5-7-12(6-8(9)15(18,19)20)22(14(24)21-13(7)23)11-4-2-1-3-10(11)17/h1-6H,(H,21,23,24). The third kappa shape index (κ3) is 2.76. The zero-order valence-corrected chi connectivity index (χ0v) is 14.0. The van der Waals surface area contributed by atoms with Crippen LogP contribution in [0.4, 0.5) is 13.2 Å². The minimum absolute atomic E-state index is 0.0746. The molecule has 0 fully saturated rings. The maximum atomic E-state index is 13.2. The van der Waals surface area contributed by atoms with E-state index in [0.717, 1.165) is 16.7 Å². The largest absolute Gasteiger partial charge is 0.417 e. The van der Waals surface area contributed by atoms with Crippen molar-refractivity contribution in [1.29, 1.82) is 0 Å². The number of nitrogens with zero attached hydrogens (tertiary/aromatic N) is 1. The van der Waals surface area contributed by atoms with Crippen LogP contribution in [0.25, 0.3) is 16.6 Å². The average molecular weight is 420 g/mol. The number of hydrogen-bond acceptors (Lipinski definition) is 2. The van der Waals surface area contributed by atoms with Crippen LogP contribution in [0.3, 0.4) is 0 Å². The summed E-state index contributed by atoms with van der Waals surface area (Å²) in [6.07, 6.45) is -4.66. The summed E-state index contributed by atoms with van der Waals surface area (Å²) in [5.74, 6) is 0. The zero-order valence-electron chi connectivity index (χ0n) is 11.6. The van der Waals surface area contributed by atoms with Gasteiger partial charge in [0.05, 0.1) is 27.2 Å². The van der Waals surface area contributed by atoms with Gasteiger partial charge in [0, 0.05) is 4.47 Å². The summed E-state index contributed by atoms with van der Waals surface area (Å²) >= 11 is 8.86. The van der Waals surface area contributed by atoms with Gasteiger partial charge in [-0.25, -0.2) is 4.79 Å². The molecule has 0 aliphatic rings. The van der Waals surface area contributed by atoms with Crippen LogP contribution in [0, 0.1) is 0 Å². The lowest BCUT2D eigenvalue weighted by molar-refractivity contribution is -0.138. The van der Waals surface area contributed by atoms with Crippen molar-refractivity contribution in [2.45, 2.75) is 6.18 Å². The first-order valence-electron chi connectivity index (χ1n) is 6.51. The molecule has 3 aromatic rings. The molecule has 1 heterocycles. The average Bonchev–Trinajstić information content (AvgIpc) is 2.48. The summed E-state index contributed by atoms with van der Waals surface area (Å²) in [7, 11) is 0. The minimum Gasteiger partial charge on any atom is -0.273 e. The predicted octanol–water partition coefficient (Wildman–Crippen LogP) is 4.11. The van der Waals surface area contributed by atoms with Gasteiger partial charge in [0.15, 0.2) is 0 Å². The topological polar surface area (TPSA) is 54.9 Å². The van der Waals surface area contributed by atoms with E-state index in [1.54, 1.807) is 12.1 Å². The van der Waals surface area contributed by atoms with Crippen LogP contribution in [0.2, 0.25) is 5.02 Å². The van der Waals surface area contributed by atoms with Gasteiger partial charge in [-0.05, 0) is 24.3 Å². The number of aromatic nitrogens is 2. The molecule has 0 saturated heterocycles. The molecule has 0 aliphatic heterocycles. The molecule has 2 aromatic carbocycles. The van der Waals surface area contributed by atoms with Gasteiger partial charge < -0.3 is 0 Å². The van der Waals surface area contributed by atoms with Gasteiger partial charge in [-0.15, -0.1) is 0 Å². The molecular weight excluding hydrogens is 413 g/mol. The third-order valence-corrected chi connectivity index (χ3v) is 4.37. The molecule has 0 saturated carbocycles. The zero-order chi connectivity index (χ0) is 17.6. The molecule has 24 heavy (non-hydrogen) atoms. The number of hydrogen-bond donors (Lipinski definition) is 1. The van der Waals surface area contributed by atoms with Crippen LogP contribution in [-0.4, -0.2) is 9.55 Å². The lowest BCUT2D eigenvalue weighted by atomic mass is 10.1. The van der Waals surface area contributed by atoms with Crippen molar-refractivity contribution in [2.24, 2.45) is 0 Å². The Balaban J connectivity index is 2.53. The maximum absolute atomic E-state index is 13.2. The highest BCUT2D eigenvalue weighted by atomic mass is 79.9. The van der Waals surface area contributed by atoms with E-state index < -0.39 is 23.0 Å². The second-order valence-electron chi connectivity index (χ2n) is 4.89. The Bertz CT molecular complexity index is 1070. The van der Waals surface area contributed by atoms with Crippen molar-refractivity contribution in [3.8, 4) is 5.69 Å². The molecule has 1 N–H and O–H groups in total. The van der Waals surface area contributed by atoms with Crippen LogP contribution in [-0.2, 0) is 6.18 Å². The molecule has 0 bridgehead atoms. The van der Waals surface area contributed by atoms with Crippen molar-refractivity contribution >= 4 is 38.4 Å². The molecule has 3 rings (SSSR count). The van der Waals surface area contributed by atoms with E-state index in [1.165, 1.54) is 12.1 Å². The number of benzene rings is 2. The monoisotopic (exact) mass is 418 g/mol. The number of para-hydroxylation sites is 1. The minimum atomic E-state index is -4.66. The Morgan fingerprint density at radius 3 is 2.42 bits per heavy atom. The predicted molar refractivity (Wildman–Crippen MR) is 87.9 cm³/mol. The maximum Gasteiger partial charge on any atom is 0.417 e. The Hall–Kier alpha value is -2.06. The number of alkyl halides is 3. The first-order valence-corrected chi connectivity index (χ1v) is 7.68. The molecule has 0 spiro atoms. The number of rotatable bonds is 1. The molecule has 0 aliphatic carbocycles. The van der Waals surface area contributed by atoms with Crippen LogP contribution in [0.15, 0.2) is 50.5 Å². The van der Waals surface area contributed by atoms with Crippen LogP contribution >= 0.6 is 27.5 Å². The fourth-order valence-electron chi connectivity index (χ4n) is 2.35. The van der Waals surface area contributed by atoms with Crippen LogP contribution in [0.5, 0.6) is 0 Å². The Morgan fingerprint density at radius 2 is 1.79 bits per heavy atom. The van der Waals surface area contributed by atoms with Crippen molar-refractivity contribution in [1.82, 2.24) is 9.55 Å². The van der Waals surface area contributed by atoms with E-state index in [9.17, 15) is 22.8 Å². The highest BCUT2D eigenvalue weighted by Gasteiger charge is 2.34. The van der Waals surface area contributed by atoms with Crippen molar-refractivity contribution in [3.63, 3.8) is 0 Å². The number of fused-ring (bicyclic) bond motifs is 1. The highest BCUT2D eigenvalue weighted by molar-refractivity contribution is 9.10. The van der Waals surface area contributed by atoms with Gasteiger partial charge in [-0.3, -0.25) is 14.3 Å². The first-order chi connectivity index (χ1) is 11.2. The summed E-state index contributed by atoms with van der Waals surface area (Å²) < 4.78 is 40.1. The lowest BCUT2D eigenvalue weighted by Gasteiger charge is -2.14. The Labute approximate surface area is 145 Å². The molecular formula is C15H7BrClF3N2O2. The van der Waals surface area contributed by atoms with Gasteiger partial charge in [-0.1, -0.05) is 39.7 Å². The highest BCUT2D eigenvalue weighted by Crippen LogP contribution is 2.37. The van der Waals surface area contributed by atoms with Crippen LogP contribution < -0.4 is 11.2 Å². The Kier molecular flexibility index (Phi) is 4.05. The number of nitrogens with one attached hydrogen (secondary N) is 1. The quantitative estimate of drug-likeness (QED) is 0.645. The van der Waals surface area contributed by atoms with Gasteiger partial charge in [0.2, 0.25) is 0 Å². The van der Waals surface area contributed by atoms with Gasteiger partial charge >= 0.3 is 11.9 Å². The summed E-state index contributed by atoms with van der Waals surface area (Å²) in [6, 6.07) is 7.93. The van der Waals surface area contributed by atoms with Gasteiger partial charge in [-0.2, -0.15) is 13.2 Å². The number of halogens is 5. The SMILES string of the molecule is O=c1[nH]c(=O)n(-c2ccccc2Cl)c2cc(C(F)(F)F)c(Br)cc12. The van der Waals surface area contributed by atoms with E-state index in [-0.39, 0.29) is 26.1 Å². The summed E-state index contributed by atoms with van der Waals surface area (Å²) in [5.41, 5.74) is -2.68. The van der Waals surface area contributed by atoms with E-state index in [0.29, 0.717) is 0 Å². The molecule has 0 atom stereocenters. The number of aromatic amines is 1. The van der Waals surface area contributed by atoms with Crippen molar-refractivity contribution < 1.29 is 13.2 Å². The van der Waals surface area contributed by atoms with Crippen molar-refractivity contribution in [2.75, 3.05) is 0 Å². The number of H-pyrrole nitrogens is 1. The second kappa shape index (κ2) is 5.78. The fraction of sp³-hybridized carbons (Fsp3) is 0.0667. The lowest BCUT2D eigenvalue weighted by Crippen LogP contribution is -2.29. The molecule has 4 nitrogen and oxygen atoms in total. The molecule has 124 valence electrons. The summed E-state index contributed by atoms with van der Waals surface area (Å²) in [4.78, 5) is 26.3. The van der Waals surface area contributed by atoms with E-state index in [2.05, 4.69) is 20.9 Å². The van der Waals surface area contributed by atoms with Crippen LogP contribution in [0.1, 0.15) is 5.56 Å². The third-order valence-electron chi connectivity index (χ3n) is 3.39. The smallest absolute Gasteiger partial charge is 0.273 e. The molecule has 1 aromatic heterocycles. The van der Waals surface area contributed by atoms with Crippen molar-refractivity contribution in [3.05, 3.63) is 72.3 Å². The molecule has 0 unspecified atom stereocenters. The van der Waals surface area contributed by atoms with E-state index in [4.69, 9.17) is 11.6 Å². The fourth-order valence-corrected chi connectivity index (χ4v) is 3.14. The normalized spacial score (nSPS) is 11.9. The van der Waals surface area contributed by atoms with E-state index >= 15 is 0 Å². The second-order valence-corrected chi connectivity index (χ2v) is 6.15. The van der Waals surface area contributed by atoms with E-state index in [1.807, 2.05) is 0 Å². The Morgan fingerprint density at radius 1 is 1.12 bits per heavy atom. The summed E-state index contributed by atoms with van der Waals surface area (Å²) in [5, 5.41) is 0.0822. The molecule has 0 radical (unpaired) electrons. The van der Waals surface area contributed by atoms with Gasteiger partial charge in [0.1, 0.15) is 0 Å². The first kappa shape index (κ1) is 16.8. The summed E-state index contributed by atoms with van der Waals surface area (Å²) in [6.45, 7) is 0. The molecule has 9 heteroatoms. The van der Waals surface area contributed by atoms with Gasteiger partial charge in [0.25, 0.3) is 5.56 Å².